The number of fused-ring (bicyclic) bond motifs is 2. The molecule has 2 aromatic carbocycles. The maximum Gasteiger partial charge on any atom is 0.329 e. The second-order valence-corrected chi connectivity index (χ2v) is 16.6. The zero-order valence-electron chi connectivity index (χ0n) is 34.7. The number of hydrogen-bond acceptors (Lipinski definition) is 12. The van der Waals surface area contributed by atoms with E-state index >= 15 is 0 Å². The van der Waals surface area contributed by atoms with Crippen LogP contribution in [0.25, 0.3) is 10.9 Å². The molecule has 0 aliphatic carbocycles. The Morgan fingerprint density at radius 2 is 1.52 bits per heavy atom. The zero-order chi connectivity index (χ0) is 45.2. The first-order chi connectivity index (χ1) is 29.4. The van der Waals surface area contributed by atoms with Crippen LogP contribution in [-0.2, 0) is 51.3 Å². The lowest BCUT2D eigenvalue weighted by molar-refractivity contribution is -0.154. The molecule has 2 aromatic heterocycles. The molecule has 1 aliphatic rings. The highest BCUT2D eigenvalue weighted by molar-refractivity contribution is 7.09. The number of aryl methyl sites for hydroxylation is 1. The van der Waals surface area contributed by atoms with Gasteiger partial charge in [-0.2, -0.15) is 0 Å². The van der Waals surface area contributed by atoms with E-state index in [4.69, 9.17) is 4.74 Å². The van der Waals surface area contributed by atoms with Gasteiger partial charge in [-0.25, -0.2) is 9.78 Å². The molecule has 0 fully saturated rings. The standard InChI is InChI=1S/C43H49N7O11S/c1-22(2)35(48-38(55)30-13-12-26-8-6-7-9-29(26)45-30)40(57)46-31(17-33(51)52)39(56)49-36(23(3)4)42(59)50-15-14-25-11-10-24(5)16-28(25)37(50)41(58)47-32(18-34(53)54)43(60)61-20-27-19-44-21-62-27/h6-13,16,19,21-23,31-32,35-37H,14-15,17-18,20H2,1-5H3,(H,46,57)(H,47,58)(H,48,55)(H,49,56)(H,51,52)(H,53,54). The molecule has 5 rings (SSSR count). The maximum atomic E-state index is 14.6. The van der Waals surface area contributed by atoms with Crippen molar-refractivity contribution in [2.45, 2.75) is 90.7 Å². The molecular formula is C43H49N7O11S. The summed E-state index contributed by atoms with van der Waals surface area (Å²) in [4.78, 5) is 117. The van der Waals surface area contributed by atoms with Crippen LogP contribution in [0.5, 0.6) is 0 Å². The van der Waals surface area contributed by atoms with Gasteiger partial charge in [0.25, 0.3) is 5.91 Å². The van der Waals surface area contributed by atoms with Gasteiger partial charge in [-0.15, -0.1) is 11.3 Å². The fourth-order valence-electron chi connectivity index (χ4n) is 6.96. The van der Waals surface area contributed by atoms with Crippen molar-refractivity contribution in [1.29, 1.82) is 0 Å². The number of amides is 5. The molecule has 328 valence electrons. The SMILES string of the molecule is Cc1ccc2c(c1)C(C(=O)NC(CC(=O)O)C(=O)OCc1cncs1)N(C(=O)C(NC(=O)C(CC(=O)O)NC(=O)C(NC(=O)c1ccc3ccccc3n1)C(C)C)C(C)C)CC2. The third-order valence-electron chi connectivity index (χ3n) is 10.2. The number of carboxylic acid groups (broad SMARTS) is 2. The number of aromatic nitrogens is 2. The number of pyridine rings is 1. The lowest BCUT2D eigenvalue weighted by Gasteiger charge is -2.39. The number of carboxylic acids is 2. The molecule has 4 aromatic rings. The van der Waals surface area contributed by atoms with Crippen LogP contribution < -0.4 is 21.3 Å². The largest absolute Gasteiger partial charge is 0.481 e. The van der Waals surface area contributed by atoms with Crippen LogP contribution in [0.1, 0.15) is 78.6 Å². The van der Waals surface area contributed by atoms with Crippen LogP contribution in [0, 0.1) is 18.8 Å². The molecule has 6 N–H and O–H groups in total. The molecular weight excluding hydrogens is 823 g/mol. The lowest BCUT2D eigenvalue weighted by atomic mass is 9.89. The summed E-state index contributed by atoms with van der Waals surface area (Å²) in [6, 6.07) is 8.37. The molecule has 0 radical (unpaired) electrons. The monoisotopic (exact) mass is 871 g/mol. The van der Waals surface area contributed by atoms with Gasteiger partial charge in [0.2, 0.25) is 23.6 Å². The summed E-state index contributed by atoms with van der Waals surface area (Å²) in [7, 11) is 0. The summed E-state index contributed by atoms with van der Waals surface area (Å²) in [6.45, 7) is 8.10. The van der Waals surface area contributed by atoms with E-state index in [1.807, 2.05) is 18.2 Å². The smallest absolute Gasteiger partial charge is 0.329 e. The fourth-order valence-corrected chi connectivity index (χ4v) is 7.47. The van der Waals surface area contributed by atoms with Crippen molar-refractivity contribution in [2.24, 2.45) is 11.8 Å². The Hall–Kier alpha value is -6.76. The molecule has 5 unspecified atom stereocenters. The van der Waals surface area contributed by atoms with E-state index in [0.29, 0.717) is 22.4 Å². The molecule has 18 nitrogen and oxygen atoms in total. The lowest BCUT2D eigenvalue weighted by Crippen LogP contribution is -2.60. The van der Waals surface area contributed by atoms with Gasteiger partial charge in [0.05, 0.1) is 28.7 Å². The summed E-state index contributed by atoms with van der Waals surface area (Å²) in [5.74, 6) is -9.19. The van der Waals surface area contributed by atoms with E-state index in [9.17, 15) is 48.6 Å². The summed E-state index contributed by atoms with van der Waals surface area (Å²) in [5.41, 5.74) is 4.00. The quantitative estimate of drug-likeness (QED) is 0.0787. The van der Waals surface area contributed by atoms with Crippen LogP contribution in [-0.4, -0.2) is 103 Å². The van der Waals surface area contributed by atoms with Crippen molar-refractivity contribution in [2.75, 3.05) is 6.54 Å². The minimum atomic E-state index is -1.71. The molecule has 1 aliphatic heterocycles. The third-order valence-corrected chi connectivity index (χ3v) is 10.9. The molecule has 62 heavy (non-hydrogen) atoms. The topological polar surface area (TPSA) is 263 Å². The summed E-state index contributed by atoms with van der Waals surface area (Å²) in [6.07, 6.45) is 0.0715. The Kier molecular flexibility index (Phi) is 15.4. The van der Waals surface area contributed by atoms with E-state index in [-0.39, 0.29) is 18.8 Å². The second kappa shape index (κ2) is 20.7. The Morgan fingerprint density at radius 1 is 0.823 bits per heavy atom. The summed E-state index contributed by atoms with van der Waals surface area (Å²) < 4.78 is 5.30. The minimum absolute atomic E-state index is 0.0252. The van der Waals surface area contributed by atoms with E-state index in [1.165, 1.54) is 34.0 Å². The van der Waals surface area contributed by atoms with Gasteiger partial charge in [-0.1, -0.05) is 75.7 Å². The van der Waals surface area contributed by atoms with Gasteiger partial charge < -0.3 is 41.1 Å². The Balaban J connectivity index is 1.36. The predicted molar refractivity (Wildman–Crippen MR) is 224 cm³/mol. The number of nitrogens with one attached hydrogen (secondary N) is 4. The van der Waals surface area contributed by atoms with Gasteiger partial charge in [0.1, 0.15) is 42.5 Å². The molecule has 0 spiro atoms. The van der Waals surface area contributed by atoms with Gasteiger partial charge in [-0.05, 0) is 48.4 Å². The van der Waals surface area contributed by atoms with Crippen molar-refractivity contribution in [1.82, 2.24) is 36.1 Å². The number of carbonyl (C=O) groups excluding carboxylic acids is 6. The van der Waals surface area contributed by atoms with Gasteiger partial charge in [-0.3, -0.25) is 38.5 Å². The third kappa shape index (κ3) is 11.7. The Morgan fingerprint density at radius 3 is 2.18 bits per heavy atom. The van der Waals surface area contributed by atoms with Gasteiger partial charge >= 0.3 is 17.9 Å². The summed E-state index contributed by atoms with van der Waals surface area (Å²) in [5, 5.41) is 30.4. The molecule has 0 saturated carbocycles. The van der Waals surface area contributed by atoms with Crippen LogP contribution in [0.2, 0.25) is 0 Å². The highest BCUT2D eigenvalue weighted by atomic mass is 32.1. The molecule has 0 bridgehead atoms. The number of aliphatic carboxylic acids is 2. The number of hydrogen-bond donors (Lipinski definition) is 6. The zero-order valence-corrected chi connectivity index (χ0v) is 35.6. The molecule has 5 atom stereocenters. The first kappa shape index (κ1) is 46.3. The Bertz CT molecular complexity index is 2340. The maximum absolute atomic E-state index is 14.6. The first-order valence-electron chi connectivity index (χ1n) is 19.9. The molecule has 0 saturated heterocycles. The van der Waals surface area contributed by atoms with E-state index in [0.717, 1.165) is 16.5 Å². The van der Waals surface area contributed by atoms with Crippen LogP contribution >= 0.6 is 11.3 Å². The van der Waals surface area contributed by atoms with E-state index in [2.05, 4.69) is 31.2 Å². The average Bonchev–Trinajstić information content (AvgIpc) is 3.75. The van der Waals surface area contributed by atoms with Crippen LogP contribution in [0.3, 0.4) is 0 Å². The van der Waals surface area contributed by atoms with Crippen molar-refractivity contribution in [3.8, 4) is 0 Å². The number of carbonyl (C=O) groups is 8. The molecule has 3 heterocycles. The number of rotatable bonds is 18. The first-order valence-corrected chi connectivity index (χ1v) is 20.8. The van der Waals surface area contributed by atoms with E-state index < -0.39 is 102 Å². The van der Waals surface area contributed by atoms with Crippen molar-refractivity contribution < 1.29 is 53.3 Å². The molecule has 19 heteroatoms. The number of esters is 1. The van der Waals surface area contributed by atoms with Crippen molar-refractivity contribution >= 4 is 69.7 Å². The van der Waals surface area contributed by atoms with Gasteiger partial charge in [0, 0.05) is 18.1 Å². The van der Waals surface area contributed by atoms with Crippen molar-refractivity contribution in [3.63, 3.8) is 0 Å². The summed E-state index contributed by atoms with van der Waals surface area (Å²) >= 11 is 1.21. The number of benzene rings is 2. The van der Waals surface area contributed by atoms with Crippen LogP contribution in [0.4, 0.5) is 0 Å². The fraction of sp³-hybridized carbons (Fsp3) is 0.395. The minimum Gasteiger partial charge on any atom is -0.481 e. The normalized spacial score (nSPS) is 15.4. The number of ether oxygens (including phenoxy) is 1. The van der Waals surface area contributed by atoms with E-state index in [1.54, 1.807) is 65.0 Å². The predicted octanol–water partition coefficient (Wildman–Crippen LogP) is 2.68. The number of nitrogens with zero attached hydrogens (tertiary/aromatic N) is 3. The Labute approximate surface area is 360 Å². The molecule has 5 amide bonds. The highest BCUT2D eigenvalue weighted by Crippen LogP contribution is 2.32. The van der Waals surface area contributed by atoms with Crippen LogP contribution in [0.15, 0.2) is 66.3 Å². The second-order valence-electron chi connectivity index (χ2n) is 15.6. The highest BCUT2D eigenvalue weighted by Gasteiger charge is 2.42. The van der Waals surface area contributed by atoms with Gasteiger partial charge in [0.15, 0.2) is 0 Å². The number of thiazole rings is 1. The average molecular weight is 872 g/mol. The van der Waals surface area contributed by atoms with Crippen molar-refractivity contribution in [3.05, 3.63) is 93.6 Å². The number of para-hydroxylation sites is 1.